The van der Waals surface area contributed by atoms with Crippen molar-refractivity contribution in [3.63, 3.8) is 0 Å². The minimum absolute atomic E-state index is 0.0323. The van der Waals surface area contributed by atoms with E-state index >= 15 is 0 Å². The molecule has 1 N–H and O–H groups in total. The first-order chi connectivity index (χ1) is 6.31. The number of nitrogens with one attached hydrogen (secondary N) is 1. The van der Waals surface area contributed by atoms with Crippen LogP contribution in [0.1, 0.15) is 33.1 Å². The third kappa shape index (κ3) is 3.46. The number of alkyl halides is 3. The lowest BCUT2D eigenvalue weighted by Gasteiger charge is -2.27. The zero-order valence-electron chi connectivity index (χ0n) is 8.45. The van der Waals surface area contributed by atoms with E-state index in [0.717, 1.165) is 19.3 Å². The second-order valence-corrected chi connectivity index (χ2v) is 4.46. The maximum absolute atomic E-state index is 11.8. The second-order valence-electron chi connectivity index (χ2n) is 4.46. The maximum atomic E-state index is 11.8. The van der Waals surface area contributed by atoms with Crippen LogP contribution in [0.3, 0.4) is 0 Å². The zero-order chi connectivity index (χ0) is 10.8. The van der Waals surface area contributed by atoms with E-state index in [9.17, 15) is 13.2 Å². The molecule has 1 atom stereocenters. The Morgan fingerprint density at radius 2 is 2.07 bits per heavy atom. The molecule has 0 aromatic rings. The molecule has 0 spiro atoms. The Morgan fingerprint density at radius 3 is 2.50 bits per heavy atom. The summed E-state index contributed by atoms with van der Waals surface area (Å²) >= 11 is 0. The van der Waals surface area contributed by atoms with Crippen LogP contribution >= 0.6 is 0 Å². The van der Waals surface area contributed by atoms with Crippen molar-refractivity contribution in [3.8, 4) is 0 Å². The van der Waals surface area contributed by atoms with Gasteiger partial charge in [0.2, 0.25) is 0 Å². The van der Waals surface area contributed by atoms with Gasteiger partial charge in [0.25, 0.3) is 0 Å². The topological polar surface area (TPSA) is 21.3 Å². The van der Waals surface area contributed by atoms with Gasteiger partial charge in [0, 0.05) is 6.04 Å². The Labute approximate surface area is 81.8 Å². The summed E-state index contributed by atoms with van der Waals surface area (Å²) in [6.45, 7) is 2.85. The maximum Gasteiger partial charge on any atom is 0.413 e. The van der Waals surface area contributed by atoms with Gasteiger partial charge in [0.1, 0.15) is 0 Å². The van der Waals surface area contributed by atoms with Crippen molar-refractivity contribution in [1.82, 2.24) is 5.48 Å². The second kappa shape index (κ2) is 4.06. The van der Waals surface area contributed by atoms with Crippen molar-refractivity contribution in [3.05, 3.63) is 0 Å². The quantitative estimate of drug-likeness (QED) is 0.724. The van der Waals surface area contributed by atoms with E-state index in [1.807, 2.05) is 13.8 Å². The van der Waals surface area contributed by atoms with E-state index in [2.05, 4.69) is 10.3 Å². The van der Waals surface area contributed by atoms with E-state index < -0.39 is 12.8 Å². The minimum atomic E-state index is -4.25. The van der Waals surface area contributed by atoms with E-state index in [-0.39, 0.29) is 11.5 Å². The summed E-state index contributed by atoms with van der Waals surface area (Å²) in [6.07, 6.45) is -1.30. The van der Waals surface area contributed by atoms with Crippen molar-refractivity contribution in [2.24, 2.45) is 5.41 Å². The zero-order valence-corrected chi connectivity index (χ0v) is 8.45. The average molecular weight is 211 g/mol. The van der Waals surface area contributed by atoms with Crippen LogP contribution in [0.15, 0.2) is 0 Å². The van der Waals surface area contributed by atoms with E-state index in [1.165, 1.54) is 0 Å². The molecule has 0 radical (unpaired) electrons. The van der Waals surface area contributed by atoms with Gasteiger partial charge in [-0.25, -0.2) is 0 Å². The van der Waals surface area contributed by atoms with E-state index in [0.29, 0.717) is 0 Å². The van der Waals surface area contributed by atoms with Crippen LogP contribution in [-0.4, -0.2) is 18.8 Å². The molecular formula is C9H16F3NO. The van der Waals surface area contributed by atoms with Gasteiger partial charge in [-0.3, -0.25) is 4.84 Å². The van der Waals surface area contributed by atoms with Crippen LogP contribution in [-0.2, 0) is 4.84 Å². The first-order valence-electron chi connectivity index (χ1n) is 4.75. The van der Waals surface area contributed by atoms with Crippen molar-refractivity contribution < 1.29 is 18.0 Å². The van der Waals surface area contributed by atoms with Gasteiger partial charge in [-0.1, -0.05) is 20.3 Å². The fourth-order valence-corrected chi connectivity index (χ4v) is 1.77. The van der Waals surface area contributed by atoms with Gasteiger partial charge in [-0.05, 0) is 18.3 Å². The largest absolute Gasteiger partial charge is 0.413 e. The highest BCUT2D eigenvalue weighted by Gasteiger charge is 2.35. The molecular weight excluding hydrogens is 195 g/mol. The number of hydrogen-bond donors (Lipinski definition) is 1. The molecule has 0 aromatic heterocycles. The standard InChI is InChI=1S/C9H16F3NO/c1-8(2)5-3-4-7(8)13-14-6-9(10,11)12/h7,13H,3-6H2,1-2H3. The highest BCUT2D eigenvalue weighted by atomic mass is 19.4. The summed E-state index contributed by atoms with van der Waals surface area (Å²) < 4.78 is 35.3. The normalized spacial score (nSPS) is 26.8. The molecule has 1 saturated carbocycles. The highest BCUT2D eigenvalue weighted by Crippen LogP contribution is 2.37. The Kier molecular flexibility index (Phi) is 3.42. The summed E-state index contributed by atoms with van der Waals surface area (Å²) in [5.74, 6) is 0. The van der Waals surface area contributed by atoms with Gasteiger partial charge in [-0.2, -0.15) is 18.7 Å². The number of rotatable bonds is 3. The van der Waals surface area contributed by atoms with Crippen molar-refractivity contribution in [2.45, 2.75) is 45.3 Å². The SMILES string of the molecule is CC1(C)CCCC1NOCC(F)(F)F. The molecule has 14 heavy (non-hydrogen) atoms. The molecule has 2 nitrogen and oxygen atoms in total. The minimum Gasteiger partial charge on any atom is -0.292 e. The molecule has 0 aromatic carbocycles. The Bertz CT molecular complexity index is 191. The van der Waals surface area contributed by atoms with Gasteiger partial charge in [-0.15, -0.1) is 0 Å². The fraction of sp³-hybridized carbons (Fsp3) is 1.00. The third-order valence-corrected chi connectivity index (χ3v) is 2.72. The predicted octanol–water partition coefficient (Wildman–Crippen LogP) is 2.65. The fourth-order valence-electron chi connectivity index (χ4n) is 1.77. The van der Waals surface area contributed by atoms with E-state index in [4.69, 9.17) is 0 Å². The van der Waals surface area contributed by atoms with Gasteiger partial charge >= 0.3 is 6.18 Å². The summed E-state index contributed by atoms with van der Waals surface area (Å²) in [7, 11) is 0. The lowest BCUT2D eigenvalue weighted by molar-refractivity contribution is -0.195. The van der Waals surface area contributed by atoms with Gasteiger partial charge < -0.3 is 0 Å². The number of hydrogen-bond acceptors (Lipinski definition) is 2. The molecule has 84 valence electrons. The highest BCUT2D eigenvalue weighted by molar-refractivity contribution is 4.88. The van der Waals surface area contributed by atoms with Crippen LogP contribution < -0.4 is 5.48 Å². The molecule has 1 aliphatic rings. The van der Waals surface area contributed by atoms with Crippen molar-refractivity contribution >= 4 is 0 Å². The molecule has 1 fully saturated rings. The van der Waals surface area contributed by atoms with Crippen LogP contribution in [0.25, 0.3) is 0 Å². The van der Waals surface area contributed by atoms with Crippen molar-refractivity contribution in [2.75, 3.05) is 6.61 Å². The smallest absolute Gasteiger partial charge is 0.292 e. The molecule has 0 saturated heterocycles. The van der Waals surface area contributed by atoms with E-state index in [1.54, 1.807) is 0 Å². The number of hydroxylamine groups is 1. The first kappa shape index (κ1) is 11.8. The summed E-state index contributed by atoms with van der Waals surface area (Å²) in [6, 6.07) is 0.0323. The molecule has 0 bridgehead atoms. The van der Waals surface area contributed by atoms with Crippen molar-refractivity contribution in [1.29, 1.82) is 0 Å². The lowest BCUT2D eigenvalue weighted by atomic mass is 9.88. The Hall–Kier alpha value is -0.290. The average Bonchev–Trinajstić information content (AvgIpc) is 2.28. The Balaban J connectivity index is 2.25. The van der Waals surface area contributed by atoms with Crippen LogP contribution in [0.5, 0.6) is 0 Å². The van der Waals surface area contributed by atoms with Crippen LogP contribution in [0.4, 0.5) is 13.2 Å². The first-order valence-corrected chi connectivity index (χ1v) is 4.75. The monoisotopic (exact) mass is 211 g/mol. The molecule has 0 heterocycles. The lowest BCUT2D eigenvalue weighted by Crippen LogP contribution is -2.39. The Morgan fingerprint density at radius 1 is 1.43 bits per heavy atom. The molecule has 0 aliphatic heterocycles. The molecule has 1 rings (SSSR count). The number of halogens is 3. The molecule has 0 amide bonds. The predicted molar refractivity (Wildman–Crippen MR) is 46.6 cm³/mol. The summed E-state index contributed by atoms with van der Waals surface area (Å²) in [4.78, 5) is 4.44. The third-order valence-electron chi connectivity index (χ3n) is 2.72. The summed E-state index contributed by atoms with van der Waals surface area (Å²) in [5, 5.41) is 0. The molecule has 1 aliphatic carbocycles. The van der Waals surface area contributed by atoms with Gasteiger partial charge in [0.15, 0.2) is 6.61 Å². The summed E-state index contributed by atoms with van der Waals surface area (Å²) in [5.41, 5.74) is 2.54. The van der Waals surface area contributed by atoms with Crippen LogP contribution in [0.2, 0.25) is 0 Å². The van der Waals surface area contributed by atoms with Crippen LogP contribution in [0, 0.1) is 5.41 Å². The van der Waals surface area contributed by atoms with Gasteiger partial charge in [0.05, 0.1) is 0 Å². The molecule has 5 heteroatoms. The molecule has 1 unspecified atom stereocenters.